The van der Waals surface area contributed by atoms with E-state index in [9.17, 15) is 0 Å². The van der Waals surface area contributed by atoms with E-state index in [0.717, 1.165) is 13.2 Å². The molecule has 0 saturated carbocycles. The molecule has 2 saturated heterocycles. The average molecular weight is 274 g/mol. The van der Waals surface area contributed by atoms with Crippen LogP contribution in [0.2, 0.25) is 0 Å². The van der Waals surface area contributed by atoms with Gasteiger partial charge in [0.05, 0.1) is 13.2 Å². The first kappa shape index (κ1) is 14.1. The molecule has 20 heavy (non-hydrogen) atoms. The summed E-state index contributed by atoms with van der Waals surface area (Å²) in [6.45, 7) is 5.46. The SMILES string of the molecule is CCCCCCCCN1CN2OC2(c2ccccc2)C1. The Bertz CT molecular complexity index is 422. The van der Waals surface area contributed by atoms with Crippen molar-refractivity contribution < 1.29 is 4.84 Å². The molecule has 1 aromatic carbocycles. The minimum atomic E-state index is -0.122. The molecule has 3 rings (SSSR count). The van der Waals surface area contributed by atoms with E-state index in [0.29, 0.717) is 0 Å². The Labute approximate surface area is 122 Å². The Morgan fingerprint density at radius 1 is 1.05 bits per heavy atom. The standard InChI is InChI=1S/C17H26N2O/c1-2-3-4-5-6-10-13-18-14-17(19(15-18)20-17)16-11-8-7-9-12-16/h7-9,11-12H,2-6,10,13-15H2,1H3. The minimum absolute atomic E-state index is 0.122. The fourth-order valence-corrected chi connectivity index (χ4v) is 3.20. The van der Waals surface area contributed by atoms with Gasteiger partial charge in [0.15, 0.2) is 0 Å². The first-order chi connectivity index (χ1) is 9.85. The third-order valence-corrected chi connectivity index (χ3v) is 4.45. The van der Waals surface area contributed by atoms with Crippen molar-refractivity contribution in [2.24, 2.45) is 0 Å². The third kappa shape index (κ3) is 2.90. The molecule has 110 valence electrons. The molecule has 2 heterocycles. The van der Waals surface area contributed by atoms with Crippen molar-refractivity contribution in [2.75, 3.05) is 19.8 Å². The highest BCUT2D eigenvalue weighted by Gasteiger charge is 2.62. The Hall–Kier alpha value is -0.900. The predicted octanol–water partition coefficient (Wildman–Crippen LogP) is 3.72. The lowest BCUT2D eigenvalue weighted by Gasteiger charge is -2.17. The van der Waals surface area contributed by atoms with Gasteiger partial charge in [-0.3, -0.25) is 9.74 Å². The summed E-state index contributed by atoms with van der Waals surface area (Å²) in [5.41, 5.74) is 1.18. The fraction of sp³-hybridized carbons (Fsp3) is 0.647. The molecule has 2 unspecified atom stereocenters. The molecule has 3 nitrogen and oxygen atoms in total. The molecule has 2 atom stereocenters. The van der Waals surface area contributed by atoms with E-state index >= 15 is 0 Å². The maximum atomic E-state index is 5.81. The number of hydrogen-bond donors (Lipinski definition) is 0. The van der Waals surface area contributed by atoms with Crippen molar-refractivity contribution in [3.05, 3.63) is 35.9 Å². The normalized spacial score (nSPS) is 28.6. The maximum absolute atomic E-state index is 5.81. The Balaban J connectivity index is 1.40. The molecule has 2 fully saturated rings. The summed E-state index contributed by atoms with van der Waals surface area (Å²) in [6, 6.07) is 10.6. The van der Waals surface area contributed by atoms with Gasteiger partial charge in [0.25, 0.3) is 0 Å². The van der Waals surface area contributed by atoms with Crippen LogP contribution in [-0.2, 0) is 10.6 Å². The second kappa shape index (κ2) is 6.25. The highest BCUT2D eigenvalue weighted by Crippen LogP contribution is 2.49. The summed E-state index contributed by atoms with van der Waals surface area (Å²) >= 11 is 0. The van der Waals surface area contributed by atoms with Crippen LogP contribution in [0.4, 0.5) is 0 Å². The van der Waals surface area contributed by atoms with Gasteiger partial charge in [-0.25, -0.2) is 0 Å². The van der Waals surface area contributed by atoms with Crippen LogP contribution in [0, 0.1) is 0 Å². The quantitative estimate of drug-likeness (QED) is 0.532. The minimum Gasteiger partial charge on any atom is -0.284 e. The largest absolute Gasteiger partial charge is 0.284 e. The van der Waals surface area contributed by atoms with Crippen LogP contribution in [0.5, 0.6) is 0 Å². The lowest BCUT2D eigenvalue weighted by molar-refractivity contribution is 0.0833. The zero-order chi connectivity index (χ0) is 13.8. The van der Waals surface area contributed by atoms with E-state index < -0.39 is 0 Å². The van der Waals surface area contributed by atoms with Gasteiger partial charge in [0.1, 0.15) is 0 Å². The summed E-state index contributed by atoms with van der Waals surface area (Å²) in [7, 11) is 0. The van der Waals surface area contributed by atoms with E-state index in [4.69, 9.17) is 4.84 Å². The van der Waals surface area contributed by atoms with Crippen molar-refractivity contribution in [3.63, 3.8) is 0 Å². The van der Waals surface area contributed by atoms with Crippen LogP contribution >= 0.6 is 0 Å². The highest BCUT2D eigenvalue weighted by molar-refractivity contribution is 5.26. The van der Waals surface area contributed by atoms with Crippen LogP contribution in [0.3, 0.4) is 0 Å². The molecule has 2 aliphatic rings. The van der Waals surface area contributed by atoms with Crippen molar-refractivity contribution in [1.29, 1.82) is 0 Å². The number of rotatable bonds is 8. The number of nitrogens with zero attached hydrogens (tertiary/aromatic N) is 2. The summed E-state index contributed by atoms with van der Waals surface area (Å²) < 4.78 is 0. The third-order valence-electron chi connectivity index (χ3n) is 4.45. The Morgan fingerprint density at radius 3 is 2.60 bits per heavy atom. The zero-order valence-electron chi connectivity index (χ0n) is 12.6. The van der Waals surface area contributed by atoms with E-state index in [1.54, 1.807) is 0 Å². The Morgan fingerprint density at radius 2 is 1.80 bits per heavy atom. The first-order valence-corrected chi connectivity index (χ1v) is 8.10. The molecular weight excluding hydrogens is 248 g/mol. The number of unbranched alkanes of at least 4 members (excludes halogenated alkanes) is 5. The smallest absolute Gasteiger partial charge is 0.204 e. The fourth-order valence-electron chi connectivity index (χ4n) is 3.20. The van der Waals surface area contributed by atoms with E-state index in [1.807, 2.05) is 0 Å². The molecular formula is C17H26N2O. The second-order valence-electron chi connectivity index (χ2n) is 6.08. The van der Waals surface area contributed by atoms with Crippen LogP contribution in [0.25, 0.3) is 0 Å². The van der Waals surface area contributed by atoms with Crippen LogP contribution < -0.4 is 0 Å². The van der Waals surface area contributed by atoms with Gasteiger partial charge < -0.3 is 0 Å². The van der Waals surface area contributed by atoms with Gasteiger partial charge in [-0.1, -0.05) is 69.4 Å². The molecule has 0 aromatic heterocycles. The van der Waals surface area contributed by atoms with Crippen LogP contribution in [-0.4, -0.2) is 29.7 Å². The Kier molecular flexibility index (Phi) is 4.39. The van der Waals surface area contributed by atoms with E-state index in [2.05, 4.69) is 47.2 Å². The van der Waals surface area contributed by atoms with E-state index in [1.165, 1.54) is 50.6 Å². The van der Waals surface area contributed by atoms with Gasteiger partial charge >= 0.3 is 0 Å². The molecule has 2 aliphatic heterocycles. The highest BCUT2D eigenvalue weighted by atomic mass is 16.9. The zero-order valence-corrected chi connectivity index (χ0v) is 12.6. The molecule has 0 aliphatic carbocycles. The summed E-state index contributed by atoms with van der Waals surface area (Å²) in [4.78, 5) is 8.33. The van der Waals surface area contributed by atoms with Gasteiger partial charge in [-0.2, -0.15) is 0 Å². The van der Waals surface area contributed by atoms with Gasteiger partial charge in [0.2, 0.25) is 5.72 Å². The molecule has 3 heteroatoms. The molecule has 0 bridgehead atoms. The molecule has 0 spiro atoms. The van der Waals surface area contributed by atoms with Crippen molar-refractivity contribution in [1.82, 2.24) is 9.96 Å². The second-order valence-corrected chi connectivity index (χ2v) is 6.08. The maximum Gasteiger partial charge on any atom is 0.204 e. The van der Waals surface area contributed by atoms with Crippen LogP contribution in [0.15, 0.2) is 30.3 Å². The number of benzene rings is 1. The van der Waals surface area contributed by atoms with Crippen molar-refractivity contribution in [3.8, 4) is 0 Å². The average Bonchev–Trinajstić information content (AvgIpc) is 3.07. The summed E-state index contributed by atoms with van der Waals surface area (Å²) in [5, 5.41) is 2.12. The molecule has 0 radical (unpaired) electrons. The van der Waals surface area contributed by atoms with E-state index in [-0.39, 0.29) is 5.72 Å². The molecule has 0 N–H and O–H groups in total. The van der Waals surface area contributed by atoms with Gasteiger partial charge in [0, 0.05) is 5.56 Å². The number of hydrogen-bond acceptors (Lipinski definition) is 3. The van der Waals surface area contributed by atoms with Crippen molar-refractivity contribution in [2.45, 2.75) is 51.2 Å². The van der Waals surface area contributed by atoms with Gasteiger partial charge in [-0.05, 0) is 13.0 Å². The molecule has 0 amide bonds. The topological polar surface area (TPSA) is 18.8 Å². The summed E-state index contributed by atoms with van der Waals surface area (Å²) in [6.07, 6.45) is 8.21. The monoisotopic (exact) mass is 274 g/mol. The number of hydroxylamine groups is 2. The summed E-state index contributed by atoms with van der Waals surface area (Å²) in [5.74, 6) is 0. The van der Waals surface area contributed by atoms with Gasteiger partial charge in [-0.15, -0.1) is 5.06 Å². The van der Waals surface area contributed by atoms with Crippen molar-refractivity contribution >= 4 is 0 Å². The lowest BCUT2D eigenvalue weighted by Crippen LogP contribution is -2.28. The molecule has 1 aromatic rings. The predicted molar refractivity (Wildman–Crippen MR) is 80.9 cm³/mol. The van der Waals surface area contributed by atoms with Crippen LogP contribution in [0.1, 0.15) is 51.0 Å². The first-order valence-electron chi connectivity index (χ1n) is 8.10. The lowest BCUT2D eigenvalue weighted by atomic mass is 10.1. The number of fused-ring (bicyclic) bond motifs is 1.